The topological polar surface area (TPSA) is 76.0 Å². The van der Waals surface area contributed by atoms with Gasteiger partial charge in [-0.15, -0.1) is 0 Å². The van der Waals surface area contributed by atoms with Gasteiger partial charge in [0.1, 0.15) is 6.10 Å². The van der Waals surface area contributed by atoms with Gasteiger partial charge >= 0.3 is 0 Å². The normalized spacial score (nSPS) is 28.1. The average molecular weight is 426 g/mol. The van der Waals surface area contributed by atoms with Crippen LogP contribution >= 0.6 is 12.2 Å². The van der Waals surface area contributed by atoms with Gasteiger partial charge in [0.25, 0.3) is 0 Å². The minimum absolute atomic E-state index is 0.0663. The number of carbonyl (C=O) groups excluding carboxylic acids is 1. The predicted octanol–water partition coefficient (Wildman–Crippen LogP) is 1.83. The zero-order valence-electron chi connectivity index (χ0n) is 17.1. The van der Waals surface area contributed by atoms with Gasteiger partial charge in [-0.05, 0) is 43.3 Å². The summed E-state index contributed by atoms with van der Waals surface area (Å²) < 4.78 is 0. The van der Waals surface area contributed by atoms with Gasteiger partial charge in [-0.2, -0.15) is 0 Å². The van der Waals surface area contributed by atoms with Gasteiger partial charge in [-0.25, -0.2) is 0 Å². The number of amides is 1. The number of nitrogens with zero attached hydrogens (tertiary/aromatic N) is 2. The highest BCUT2D eigenvalue weighted by Crippen LogP contribution is 2.37. The molecule has 0 unspecified atom stereocenters. The van der Waals surface area contributed by atoms with Crippen molar-refractivity contribution in [2.45, 2.75) is 44.2 Å². The number of rotatable bonds is 4. The summed E-state index contributed by atoms with van der Waals surface area (Å²) in [6.07, 6.45) is -1.79. The number of hydrogen-bond acceptors (Lipinski definition) is 4. The molecule has 2 aromatic carbocycles. The first kappa shape index (κ1) is 20.8. The number of anilines is 1. The number of aliphatic hydroxyl groups excluding tert-OH is 2. The molecular weight excluding hydrogens is 398 g/mol. The molecule has 0 aromatic heterocycles. The third kappa shape index (κ3) is 3.80. The zero-order chi connectivity index (χ0) is 21.4. The van der Waals surface area contributed by atoms with Crippen LogP contribution in [0.1, 0.15) is 17.5 Å². The van der Waals surface area contributed by atoms with E-state index in [1.54, 1.807) is 11.9 Å². The van der Waals surface area contributed by atoms with Crippen LogP contribution in [0.2, 0.25) is 0 Å². The SMILES string of the molecule is Cc1ccc(N2C(=S)N[C@H]3[C@@H](O)[C@H](O)C[C@@H](C(=O)N(C)Cc4ccccc4)[C@@H]32)cc1. The Balaban J connectivity index is 1.64. The van der Waals surface area contributed by atoms with Gasteiger partial charge in [-0.1, -0.05) is 48.0 Å². The molecule has 0 spiro atoms. The average Bonchev–Trinajstić information content (AvgIpc) is 3.09. The summed E-state index contributed by atoms with van der Waals surface area (Å²) >= 11 is 5.57. The van der Waals surface area contributed by atoms with Crippen LogP contribution in [0.5, 0.6) is 0 Å². The monoisotopic (exact) mass is 425 g/mol. The summed E-state index contributed by atoms with van der Waals surface area (Å²) in [6.45, 7) is 2.49. The van der Waals surface area contributed by atoms with Crippen molar-refractivity contribution in [1.82, 2.24) is 10.2 Å². The molecule has 1 saturated heterocycles. The Morgan fingerprint density at radius 3 is 2.50 bits per heavy atom. The van der Waals surface area contributed by atoms with Crippen molar-refractivity contribution < 1.29 is 15.0 Å². The Morgan fingerprint density at radius 1 is 1.17 bits per heavy atom. The Kier molecular flexibility index (Phi) is 5.77. The molecule has 1 amide bonds. The second-order valence-electron chi connectivity index (χ2n) is 8.25. The van der Waals surface area contributed by atoms with E-state index in [2.05, 4.69) is 5.32 Å². The lowest BCUT2D eigenvalue weighted by Crippen LogP contribution is -2.61. The molecule has 2 fully saturated rings. The molecule has 0 bridgehead atoms. The molecule has 30 heavy (non-hydrogen) atoms. The minimum atomic E-state index is -0.994. The van der Waals surface area contributed by atoms with E-state index in [0.717, 1.165) is 16.8 Å². The predicted molar refractivity (Wildman–Crippen MR) is 120 cm³/mol. The van der Waals surface area contributed by atoms with Crippen molar-refractivity contribution in [3.63, 3.8) is 0 Å². The molecule has 1 aliphatic heterocycles. The number of hydrogen-bond donors (Lipinski definition) is 3. The molecule has 2 aliphatic rings. The van der Waals surface area contributed by atoms with Crippen LogP contribution in [-0.4, -0.2) is 57.5 Å². The maximum Gasteiger partial charge on any atom is 0.228 e. The summed E-state index contributed by atoms with van der Waals surface area (Å²) in [5.74, 6) is -0.570. The van der Waals surface area contributed by atoms with E-state index in [9.17, 15) is 15.0 Å². The number of carbonyl (C=O) groups is 1. The molecule has 1 heterocycles. The summed E-state index contributed by atoms with van der Waals surface area (Å²) in [4.78, 5) is 17.1. The van der Waals surface area contributed by atoms with E-state index in [-0.39, 0.29) is 18.4 Å². The molecule has 158 valence electrons. The first-order valence-electron chi connectivity index (χ1n) is 10.2. The molecule has 5 atom stereocenters. The van der Waals surface area contributed by atoms with E-state index in [0.29, 0.717) is 11.7 Å². The Morgan fingerprint density at radius 2 is 1.83 bits per heavy atom. The molecule has 1 saturated carbocycles. The maximum atomic E-state index is 13.5. The van der Waals surface area contributed by atoms with Crippen LogP contribution in [-0.2, 0) is 11.3 Å². The molecule has 1 aliphatic carbocycles. The third-order valence-corrected chi connectivity index (χ3v) is 6.43. The van der Waals surface area contributed by atoms with Crippen LogP contribution in [0.15, 0.2) is 54.6 Å². The number of nitrogens with one attached hydrogen (secondary N) is 1. The number of aliphatic hydroxyl groups is 2. The molecule has 0 radical (unpaired) electrons. The largest absolute Gasteiger partial charge is 0.390 e. The van der Waals surface area contributed by atoms with Gasteiger partial charge in [0, 0.05) is 19.3 Å². The lowest BCUT2D eigenvalue weighted by Gasteiger charge is -2.42. The second-order valence-corrected chi connectivity index (χ2v) is 8.64. The van der Waals surface area contributed by atoms with Gasteiger partial charge in [0.05, 0.1) is 24.1 Å². The number of benzene rings is 2. The van der Waals surface area contributed by atoms with Crippen LogP contribution in [0, 0.1) is 12.8 Å². The van der Waals surface area contributed by atoms with Gasteiger partial charge < -0.3 is 25.3 Å². The van der Waals surface area contributed by atoms with Crippen molar-refractivity contribution in [2.24, 2.45) is 5.92 Å². The summed E-state index contributed by atoms with van der Waals surface area (Å²) in [7, 11) is 1.78. The smallest absolute Gasteiger partial charge is 0.228 e. The van der Waals surface area contributed by atoms with Crippen LogP contribution in [0.3, 0.4) is 0 Å². The Bertz CT molecular complexity index is 921. The fourth-order valence-corrected chi connectivity index (χ4v) is 4.91. The summed E-state index contributed by atoms with van der Waals surface area (Å²) in [6, 6.07) is 16.9. The highest BCUT2D eigenvalue weighted by atomic mass is 32.1. The molecule has 4 rings (SSSR count). The van der Waals surface area contributed by atoms with Crippen LogP contribution < -0.4 is 10.2 Å². The number of thiocarbonyl (C=S) groups is 1. The Labute approximate surface area is 182 Å². The van der Waals surface area contributed by atoms with Crippen molar-refractivity contribution in [2.75, 3.05) is 11.9 Å². The minimum Gasteiger partial charge on any atom is -0.390 e. The van der Waals surface area contributed by atoms with Crippen molar-refractivity contribution in [1.29, 1.82) is 0 Å². The fourth-order valence-electron chi connectivity index (χ4n) is 4.55. The maximum absolute atomic E-state index is 13.5. The molecular formula is C23H27N3O3S. The second kappa shape index (κ2) is 8.34. The van der Waals surface area contributed by atoms with E-state index in [1.165, 1.54) is 0 Å². The van der Waals surface area contributed by atoms with E-state index in [4.69, 9.17) is 12.2 Å². The number of fused-ring (bicyclic) bond motifs is 1. The first-order valence-corrected chi connectivity index (χ1v) is 10.6. The summed E-state index contributed by atoms with van der Waals surface area (Å²) in [5, 5.41) is 24.7. The van der Waals surface area contributed by atoms with Gasteiger partial charge in [0.2, 0.25) is 5.91 Å². The highest BCUT2D eigenvalue weighted by molar-refractivity contribution is 7.80. The van der Waals surface area contributed by atoms with Gasteiger partial charge in [0.15, 0.2) is 5.11 Å². The van der Waals surface area contributed by atoms with Crippen molar-refractivity contribution in [3.8, 4) is 0 Å². The quantitative estimate of drug-likeness (QED) is 0.649. The van der Waals surface area contributed by atoms with E-state index in [1.807, 2.05) is 66.4 Å². The summed E-state index contributed by atoms with van der Waals surface area (Å²) in [5.41, 5.74) is 3.04. The first-order chi connectivity index (χ1) is 14.4. The van der Waals surface area contributed by atoms with E-state index < -0.39 is 24.2 Å². The van der Waals surface area contributed by atoms with Crippen LogP contribution in [0.25, 0.3) is 0 Å². The standard InChI is InChI=1S/C23H27N3O3S/c1-14-8-10-16(11-9-14)26-20-17(12-18(27)21(28)19(20)24-23(26)30)22(29)25(2)13-15-6-4-3-5-7-15/h3-11,17-21,27-28H,12-13H2,1-2H3,(H,24,30)/t17-,18-,19-,20+,21+/m1/s1. The molecule has 2 aromatic rings. The van der Waals surface area contributed by atoms with Gasteiger partial charge in [-0.3, -0.25) is 4.79 Å². The zero-order valence-corrected chi connectivity index (χ0v) is 17.9. The van der Waals surface area contributed by atoms with E-state index >= 15 is 0 Å². The number of aryl methyl sites for hydroxylation is 1. The van der Waals surface area contributed by atoms with Crippen LogP contribution in [0.4, 0.5) is 5.69 Å². The highest BCUT2D eigenvalue weighted by Gasteiger charge is 2.54. The molecule has 7 heteroatoms. The molecule has 3 N–H and O–H groups in total. The Hall–Kier alpha value is -2.48. The van der Waals surface area contributed by atoms with Crippen molar-refractivity contribution >= 4 is 28.9 Å². The molecule has 6 nitrogen and oxygen atoms in total. The third-order valence-electron chi connectivity index (χ3n) is 6.11. The fraction of sp³-hybridized carbons (Fsp3) is 0.391. The van der Waals surface area contributed by atoms with Crippen molar-refractivity contribution in [3.05, 3.63) is 65.7 Å². The lowest BCUT2D eigenvalue weighted by atomic mass is 9.77. The lowest BCUT2D eigenvalue weighted by molar-refractivity contribution is -0.141.